The Morgan fingerprint density at radius 2 is 2.15 bits per heavy atom. The van der Waals surface area contributed by atoms with E-state index in [1.54, 1.807) is 11.3 Å². The smallest absolute Gasteiger partial charge is 0.259 e. The number of rotatable bonds is 4. The van der Waals surface area contributed by atoms with Crippen LogP contribution < -0.4 is 10.9 Å². The molecule has 1 aliphatic carbocycles. The van der Waals surface area contributed by atoms with E-state index in [2.05, 4.69) is 22.2 Å². The molecule has 0 aliphatic heterocycles. The highest BCUT2D eigenvalue weighted by Crippen LogP contribution is 2.34. The molecule has 0 bridgehead atoms. The van der Waals surface area contributed by atoms with Gasteiger partial charge in [0.05, 0.1) is 11.9 Å². The van der Waals surface area contributed by atoms with Crippen LogP contribution >= 0.6 is 11.3 Å². The van der Waals surface area contributed by atoms with E-state index in [0.717, 1.165) is 28.0 Å². The van der Waals surface area contributed by atoms with Crippen molar-refractivity contribution in [2.75, 3.05) is 0 Å². The Labute approximate surface area is 122 Å². The lowest BCUT2D eigenvalue weighted by Gasteiger charge is -2.42. The Kier molecular flexibility index (Phi) is 3.42. The Balaban J connectivity index is 1.88. The molecule has 0 atom stereocenters. The van der Waals surface area contributed by atoms with Crippen LogP contribution in [0.5, 0.6) is 0 Å². The maximum absolute atomic E-state index is 12.2. The molecular weight excluding hydrogens is 270 g/mol. The molecule has 0 saturated heterocycles. The van der Waals surface area contributed by atoms with Crippen molar-refractivity contribution in [1.29, 1.82) is 0 Å². The number of fused-ring (bicyclic) bond motifs is 1. The van der Waals surface area contributed by atoms with E-state index in [1.165, 1.54) is 24.1 Å². The highest BCUT2D eigenvalue weighted by atomic mass is 32.1. The van der Waals surface area contributed by atoms with Gasteiger partial charge in [0.25, 0.3) is 5.56 Å². The molecule has 0 spiro atoms. The quantitative estimate of drug-likeness (QED) is 0.910. The first-order valence-electron chi connectivity index (χ1n) is 7.28. The van der Waals surface area contributed by atoms with Crippen LogP contribution in [0.15, 0.2) is 4.79 Å². The van der Waals surface area contributed by atoms with Crippen molar-refractivity contribution in [2.24, 2.45) is 0 Å². The van der Waals surface area contributed by atoms with Crippen LogP contribution in [0.4, 0.5) is 0 Å². The van der Waals surface area contributed by atoms with E-state index in [4.69, 9.17) is 0 Å². The SMILES string of the molecule is CCC1(NCc2nc3sc(C)c(C)c3c(=O)[nH]2)CCC1. The van der Waals surface area contributed by atoms with E-state index in [1.807, 2.05) is 13.8 Å². The van der Waals surface area contributed by atoms with Gasteiger partial charge in [0, 0.05) is 10.4 Å². The number of aromatic amines is 1. The number of aryl methyl sites for hydroxylation is 2. The monoisotopic (exact) mass is 291 g/mol. The molecule has 0 aromatic carbocycles. The van der Waals surface area contributed by atoms with E-state index >= 15 is 0 Å². The third-order valence-electron chi connectivity index (χ3n) is 4.71. The Morgan fingerprint density at radius 1 is 1.40 bits per heavy atom. The van der Waals surface area contributed by atoms with Crippen LogP contribution in [-0.2, 0) is 6.54 Å². The molecule has 1 saturated carbocycles. The van der Waals surface area contributed by atoms with E-state index in [-0.39, 0.29) is 11.1 Å². The van der Waals surface area contributed by atoms with Gasteiger partial charge in [0.1, 0.15) is 10.7 Å². The summed E-state index contributed by atoms with van der Waals surface area (Å²) in [5.74, 6) is 0.753. The van der Waals surface area contributed by atoms with Crippen LogP contribution in [0.2, 0.25) is 0 Å². The number of hydrogen-bond donors (Lipinski definition) is 2. The van der Waals surface area contributed by atoms with Crippen LogP contribution in [0.1, 0.15) is 48.9 Å². The minimum atomic E-state index is -0.00666. The molecule has 2 heterocycles. The summed E-state index contributed by atoms with van der Waals surface area (Å²) in [5.41, 5.74) is 1.32. The molecule has 0 unspecified atom stereocenters. The van der Waals surface area contributed by atoms with Crippen LogP contribution in [-0.4, -0.2) is 15.5 Å². The standard InChI is InChI=1S/C15H21N3OS/c1-4-15(6-5-7-15)16-8-11-17-13(19)12-9(2)10(3)20-14(12)18-11/h16H,4-8H2,1-3H3,(H,17,18,19). The van der Waals surface area contributed by atoms with Crippen molar-refractivity contribution < 1.29 is 0 Å². The summed E-state index contributed by atoms with van der Waals surface area (Å²) in [5, 5.41) is 4.34. The van der Waals surface area contributed by atoms with Gasteiger partial charge >= 0.3 is 0 Å². The van der Waals surface area contributed by atoms with Crippen LogP contribution in [0, 0.1) is 13.8 Å². The average molecular weight is 291 g/mol. The second kappa shape index (κ2) is 4.97. The van der Waals surface area contributed by atoms with E-state index in [9.17, 15) is 4.79 Å². The summed E-state index contributed by atoms with van der Waals surface area (Å²) in [6, 6.07) is 0. The number of aromatic nitrogens is 2. The van der Waals surface area contributed by atoms with Gasteiger partial charge in [-0.15, -0.1) is 11.3 Å². The number of nitrogens with zero attached hydrogens (tertiary/aromatic N) is 1. The highest BCUT2D eigenvalue weighted by molar-refractivity contribution is 7.18. The predicted octanol–water partition coefficient (Wildman–Crippen LogP) is 3.02. The van der Waals surface area contributed by atoms with Crippen molar-refractivity contribution in [3.63, 3.8) is 0 Å². The van der Waals surface area contributed by atoms with Gasteiger partial charge in [-0.05, 0) is 45.1 Å². The van der Waals surface area contributed by atoms with Gasteiger partial charge < -0.3 is 10.3 Å². The van der Waals surface area contributed by atoms with E-state index in [0.29, 0.717) is 6.54 Å². The molecule has 20 heavy (non-hydrogen) atoms. The van der Waals surface area contributed by atoms with Crippen molar-refractivity contribution in [2.45, 2.75) is 58.5 Å². The Hall–Kier alpha value is -1.20. The van der Waals surface area contributed by atoms with Crippen LogP contribution in [0.3, 0.4) is 0 Å². The first-order valence-corrected chi connectivity index (χ1v) is 8.10. The predicted molar refractivity (Wildman–Crippen MR) is 83.4 cm³/mol. The topological polar surface area (TPSA) is 57.8 Å². The lowest BCUT2D eigenvalue weighted by atomic mass is 9.75. The normalized spacial score (nSPS) is 17.4. The largest absolute Gasteiger partial charge is 0.309 e. The van der Waals surface area contributed by atoms with E-state index < -0.39 is 0 Å². The molecule has 0 amide bonds. The fraction of sp³-hybridized carbons (Fsp3) is 0.600. The fourth-order valence-corrected chi connectivity index (χ4v) is 3.96. The molecule has 2 aromatic rings. The molecule has 2 aromatic heterocycles. The van der Waals surface area contributed by atoms with Crippen molar-refractivity contribution in [1.82, 2.24) is 15.3 Å². The lowest BCUT2D eigenvalue weighted by Crippen LogP contribution is -2.50. The molecular formula is C15H21N3OS. The molecule has 5 heteroatoms. The first-order chi connectivity index (χ1) is 9.54. The van der Waals surface area contributed by atoms with Crippen LogP contribution in [0.25, 0.3) is 10.2 Å². The summed E-state index contributed by atoms with van der Waals surface area (Å²) in [6.45, 7) is 6.90. The Morgan fingerprint density at radius 3 is 2.75 bits per heavy atom. The summed E-state index contributed by atoms with van der Waals surface area (Å²) < 4.78 is 0. The molecule has 0 radical (unpaired) electrons. The molecule has 3 rings (SSSR count). The molecule has 108 valence electrons. The van der Waals surface area contributed by atoms with Gasteiger partial charge in [-0.3, -0.25) is 4.79 Å². The second-order valence-electron chi connectivity index (χ2n) is 5.82. The van der Waals surface area contributed by atoms with Crippen molar-refractivity contribution >= 4 is 21.6 Å². The zero-order valence-electron chi connectivity index (χ0n) is 12.3. The van der Waals surface area contributed by atoms with Gasteiger partial charge in [-0.2, -0.15) is 0 Å². The van der Waals surface area contributed by atoms with Gasteiger partial charge in [0.15, 0.2) is 0 Å². The number of hydrogen-bond acceptors (Lipinski definition) is 4. The lowest BCUT2D eigenvalue weighted by molar-refractivity contribution is 0.174. The van der Waals surface area contributed by atoms with Gasteiger partial charge in [-0.1, -0.05) is 6.92 Å². The average Bonchev–Trinajstić information content (AvgIpc) is 2.64. The molecule has 2 N–H and O–H groups in total. The van der Waals surface area contributed by atoms with Crippen molar-refractivity contribution in [3.8, 4) is 0 Å². The minimum Gasteiger partial charge on any atom is -0.309 e. The summed E-state index contributed by atoms with van der Waals surface area (Å²) in [7, 11) is 0. The zero-order valence-corrected chi connectivity index (χ0v) is 13.1. The maximum Gasteiger partial charge on any atom is 0.259 e. The third kappa shape index (κ3) is 2.19. The fourth-order valence-electron chi connectivity index (χ4n) is 2.91. The second-order valence-corrected chi connectivity index (χ2v) is 7.02. The number of thiophene rings is 1. The first kappa shape index (κ1) is 13.8. The summed E-state index contributed by atoms with van der Waals surface area (Å²) >= 11 is 1.61. The molecule has 1 fully saturated rings. The maximum atomic E-state index is 12.2. The zero-order chi connectivity index (χ0) is 14.3. The molecule has 4 nitrogen and oxygen atoms in total. The number of nitrogens with one attached hydrogen (secondary N) is 2. The highest BCUT2D eigenvalue weighted by Gasteiger charge is 2.34. The summed E-state index contributed by atoms with van der Waals surface area (Å²) in [6.07, 6.45) is 4.89. The van der Waals surface area contributed by atoms with Gasteiger partial charge in [-0.25, -0.2) is 4.98 Å². The summed E-state index contributed by atoms with van der Waals surface area (Å²) in [4.78, 5) is 21.8. The third-order valence-corrected chi connectivity index (χ3v) is 5.81. The van der Waals surface area contributed by atoms with Gasteiger partial charge in [0.2, 0.25) is 0 Å². The Bertz CT molecular complexity index is 691. The van der Waals surface area contributed by atoms with Crippen molar-refractivity contribution in [3.05, 3.63) is 26.6 Å². The minimum absolute atomic E-state index is 0.00666. The molecule has 1 aliphatic rings. The number of H-pyrrole nitrogens is 1.